The fourth-order valence-corrected chi connectivity index (χ4v) is 2.07. The normalized spacial score (nSPS) is 10.8. The molecule has 0 radical (unpaired) electrons. The van der Waals surface area contributed by atoms with Gasteiger partial charge < -0.3 is 9.30 Å². The molecule has 7 nitrogen and oxygen atoms in total. The van der Waals surface area contributed by atoms with Crippen molar-refractivity contribution < 1.29 is 9.13 Å². The zero-order valence-corrected chi connectivity index (χ0v) is 11.1. The van der Waals surface area contributed by atoms with Crippen LogP contribution < -0.4 is 10.4 Å². The van der Waals surface area contributed by atoms with E-state index >= 15 is 0 Å². The first-order valence-electron chi connectivity index (χ1n) is 6.16. The zero-order valence-electron chi connectivity index (χ0n) is 11.1. The summed E-state index contributed by atoms with van der Waals surface area (Å²) in [5, 5.41) is 6.15. The molecule has 0 aliphatic heterocycles. The number of nitrogens with zero attached hydrogens (tertiary/aromatic N) is 3. The Hall–Kier alpha value is -2.90. The molecule has 0 saturated heterocycles. The zero-order chi connectivity index (χ0) is 14.8. The molecule has 3 aromatic rings. The van der Waals surface area contributed by atoms with Crippen LogP contribution in [0.4, 0.5) is 4.39 Å². The third-order valence-electron chi connectivity index (χ3n) is 2.99. The van der Waals surface area contributed by atoms with Crippen LogP contribution >= 0.6 is 0 Å². The second-order valence-corrected chi connectivity index (χ2v) is 4.35. The summed E-state index contributed by atoms with van der Waals surface area (Å²) in [5.74, 6) is 1.07. The number of benzene rings is 1. The molecular formula is C13H12FN5O2. The molecule has 2 heterocycles. The first kappa shape index (κ1) is 13.1. The van der Waals surface area contributed by atoms with Gasteiger partial charge in [-0.2, -0.15) is 5.10 Å². The number of H-pyrrole nitrogens is 2. The second-order valence-electron chi connectivity index (χ2n) is 4.35. The Balaban J connectivity index is 2.01. The lowest BCUT2D eigenvalue weighted by Gasteiger charge is -2.10. The minimum Gasteiger partial charge on any atom is -0.496 e. The Morgan fingerprint density at radius 2 is 2.29 bits per heavy atom. The van der Waals surface area contributed by atoms with E-state index in [0.29, 0.717) is 29.5 Å². The van der Waals surface area contributed by atoms with Crippen LogP contribution in [0, 0.1) is 5.82 Å². The number of hydrogen-bond donors (Lipinski definition) is 2. The molecule has 0 fully saturated rings. The van der Waals surface area contributed by atoms with Crippen LogP contribution in [0.5, 0.6) is 5.75 Å². The molecule has 21 heavy (non-hydrogen) atoms. The molecular weight excluding hydrogens is 277 g/mol. The van der Waals surface area contributed by atoms with Gasteiger partial charge in [0, 0.05) is 18.5 Å². The molecule has 0 unspecified atom stereocenters. The fourth-order valence-electron chi connectivity index (χ4n) is 2.07. The van der Waals surface area contributed by atoms with Crippen molar-refractivity contribution >= 4 is 0 Å². The van der Waals surface area contributed by atoms with E-state index in [0.717, 1.165) is 0 Å². The molecule has 0 bridgehead atoms. The second kappa shape index (κ2) is 5.23. The van der Waals surface area contributed by atoms with E-state index in [9.17, 15) is 9.18 Å². The van der Waals surface area contributed by atoms with Crippen molar-refractivity contribution in [2.24, 2.45) is 0 Å². The summed E-state index contributed by atoms with van der Waals surface area (Å²) in [6, 6.07) is 4.23. The molecule has 2 aromatic heterocycles. The lowest BCUT2D eigenvalue weighted by Crippen LogP contribution is -2.05. The van der Waals surface area contributed by atoms with Gasteiger partial charge in [-0.1, -0.05) is 0 Å². The van der Waals surface area contributed by atoms with Crippen LogP contribution in [0.1, 0.15) is 5.82 Å². The summed E-state index contributed by atoms with van der Waals surface area (Å²) >= 11 is 0. The van der Waals surface area contributed by atoms with E-state index in [4.69, 9.17) is 4.74 Å². The number of nitrogens with one attached hydrogen (secondary N) is 2. The number of hydrogen-bond acceptors (Lipinski definition) is 4. The Labute approximate surface area is 118 Å². The third-order valence-corrected chi connectivity index (χ3v) is 2.99. The van der Waals surface area contributed by atoms with Crippen molar-refractivity contribution in [3.05, 3.63) is 52.7 Å². The van der Waals surface area contributed by atoms with Gasteiger partial charge in [0.2, 0.25) is 0 Å². The van der Waals surface area contributed by atoms with Gasteiger partial charge in [0.05, 0.1) is 19.2 Å². The van der Waals surface area contributed by atoms with Crippen molar-refractivity contribution in [2.45, 2.75) is 6.54 Å². The van der Waals surface area contributed by atoms with Crippen LogP contribution in [0.25, 0.3) is 11.4 Å². The van der Waals surface area contributed by atoms with Gasteiger partial charge in [-0.15, -0.1) is 0 Å². The van der Waals surface area contributed by atoms with Crippen LogP contribution in [0.3, 0.4) is 0 Å². The number of methoxy groups -OCH3 is 1. The Bertz CT molecular complexity index is 820. The SMILES string of the molecule is COc1cc(F)ccc1-c1nccn1Cc1n[nH]c(=O)[nH]1. The standard InChI is InChI=1S/C13H12FN5O2/c1-21-10-6-8(14)2-3-9(10)12-15-4-5-19(12)7-11-16-13(20)18-17-11/h2-6H,7H2,1H3,(H2,16,17,18,20). The van der Waals surface area contributed by atoms with Crippen LogP contribution in [0.2, 0.25) is 0 Å². The monoisotopic (exact) mass is 289 g/mol. The Kier molecular flexibility index (Phi) is 3.27. The molecule has 0 amide bonds. The lowest BCUT2D eigenvalue weighted by atomic mass is 10.2. The van der Waals surface area contributed by atoms with Crippen LogP contribution in [-0.4, -0.2) is 31.8 Å². The van der Waals surface area contributed by atoms with E-state index < -0.39 is 0 Å². The lowest BCUT2D eigenvalue weighted by molar-refractivity contribution is 0.412. The Morgan fingerprint density at radius 3 is 3.00 bits per heavy atom. The van der Waals surface area contributed by atoms with Crippen molar-refractivity contribution in [3.8, 4) is 17.1 Å². The average Bonchev–Trinajstić information content (AvgIpc) is 3.08. The summed E-state index contributed by atoms with van der Waals surface area (Å²) in [4.78, 5) is 17.9. The minimum atomic E-state index is -0.384. The first-order chi connectivity index (χ1) is 10.2. The largest absolute Gasteiger partial charge is 0.496 e. The quantitative estimate of drug-likeness (QED) is 0.754. The van der Waals surface area contributed by atoms with Gasteiger partial charge in [-0.3, -0.25) is 4.98 Å². The van der Waals surface area contributed by atoms with Crippen molar-refractivity contribution in [3.63, 3.8) is 0 Å². The number of imidazole rings is 1. The number of halogens is 1. The molecule has 0 aliphatic rings. The van der Waals surface area contributed by atoms with E-state index in [1.807, 2.05) is 0 Å². The van der Waals surface area contributed by atoms with Gasteiger partial charge >= 0.3 is 5.69 Å². The van der Waals surface area contributed by atoms with E-state index in [1.165, 1.54) is 19.2 Å². The predicted octanol–water partition coefficient (Wildman–Crippen LogP) is 1.16. The van der Waals surface area contributed by atoms with Gasteiger partial charge in [-0.25, -0.2) is 19.3 Å². The van der Waals surface area contributed by atoms with Crippen LogP contribution in [0.15, 0.2) is 35.4 Å². The average molecular weight is 289 g/mol. The summed E-state index contributed by atoms with van der Waals surface area (Å²) in [6.07, 6.45) is 3.36. The molecule has 0 spiro atoms. The van der Waals surface area contributed by atoms with Crippen LogP contribution in [-0.2, 0) is 6.54 Å². The smallest absolute Gasteiger partial charge is 0.340 e. The summed E-state index contributed by atoms with van der Waals surface area (Å²) < 4.78 is 20.2. The van der Waals surface area contributed by atoms with E-state index in [-0.39, 0.29) is 11.5 Å². The highest BCUT2D eigenvalue weighted by atomic mass is 19.1. The highest BCUT2D eigenvalue weighted by Gasteiger charge is 2.13. The van der Waals surface area contributed by atoms with Gasteiger partial charge in [0.1, 0.15) is 17.4 Å². The van der Waals surface area contributed by atoms with Gasteiger partial charge in [-0.05, 0) is 12.1 Å². The fraction of sp³-hybridized carbons (Fsp3) is 0.154. The maximum Gasteiger partial charge on any atom is 0.340 e. The molecule has 0 aliphatic carbocycles. The van der Waals surface area contributed by atoms with E-state index in [1.54, 1.807) is 23.0 Å². The van der Waals surface area contributed by atoms with Gasteiger partial charge in [0.15, 0.2) is 5.82 Å². The minimum absolute atomic E-state index is 0.328. The molecule has 0 atom stereocenters. The summed E-state index contributed by atoms with van der Waals surface area (Å²) in [7, 11) is 1.47. The van der Waals surface area contributed by atoms with E-state index in [2.05, 4.69) is 20.2 Å². The molecule has 108 valence electrons. The topological polar surface area (TPSA) is 88.6 Å². The maximum absolute atomic E-state index is 13.3. The number of ether oxygens (including phenoxy) is 1. The number of aromatic amines is 2. The third kappa shape index (κ3) is 2.55. The van der Waals surface area contributed by atoms with Crippen molar-refractivity contribution in [1.29, 1.82) is 0 Å². The molecule has 2 N–H and O–H groups in total. The number of rotatable bonds is 4. The van der Waals surface area contributed by atoms with Crippen molar-refractivity contribution in [1.82, 2.24) is 24.7 Å². The molecule has 3 rings (SSSR count). The van der Waals surface area contributed by atoms with Crippen molar-refractivity contribution in [2.75, 3.05) is 7.11 Å². The molecule has 0 saturated carbocycles. The highest BCUT2D eigenvalue weighted by Crippen LogP contribution is 2.29. The molecule has 8 heteroatoms. The summed E-state index contributed by atoms with van der Waals surface area (Å²) in [5.41, 5.74) is 0.285. The maximum atomic E-state index is 13.3. The predicted molar refractivity (Wildman–Crippen MR) is 72.5 cm³/mol. The van der Waals surface area contributed by atoms with Gasteiger partial charge in [0.25, 0.3) is 0 Å². The Morgan fingerprint density at radius 1 is 1.43 bits per heavy atom. The number of aromatic nitrogens is 5. The highest BCUT2D eigenvalue weighted by molar-refractivity contribution is 5.64. The first-order valence-corrected chi connectivity index (χ1v) is 6.16. The summed E-state index contributed by atoms with van der Waals surface area (Å²) in [6.45, 7) is 0.328. The molecule has 1 aromatic carbocycles.